The zero-order valence-electron chi connectivity index (χ0n) is 21.3. The first kappa shape index (κ1) is 30.7. The van der Waals surface area contributed by atoms with E-state index in [9.17, 15) is 9.59 Å². The minimum atomic E-state index is -0.531. The van der Waals surface area contributed by atoms with Crippen LogP contribution in [0.4, 0.5) is 0 Å². The maximum Gasteiger partial charge on any atom is 0.338 e. The number of nitriles is 4. The SMILES string of the molecule is CCN(/C=C/C=C(C#N)C#N)CCOC(=O)c1ccc(C(=O)OCCN(/C=C/C=C(C#N)C#N)CC)cc1. The van der Waals surface area contributed by atoms with Crippen LogP contribution in [-0.2, 0) is 9.47 Å². The Morgan fingerprint density at radius 2 is 1.05 bits per heavy atom. The highest BCUT2D eigenvalue weighted by molar-refractivity contribution is 5.93. The van der Waals surface area contributed by atoms with Crippen LogP contribution in [0.5, 0.6) is 0 Å². The number of allylic oxidation sites excluding steroid dienone is 6. The van der Waals surface area contributed by atoms with Crippen molar-refractivity contribution in [2.75, 3.05) is 39.4 Å². The van der Waals surface area contributed by atoms with Gasteiger partial charge < -0.3 is 19.3 Å². The van der Waals surface area contributed by atoms with Gasteiger partial charge >= 0.3 is 11.9 Å². The van der Waals surface area contributed by atoms with Crippen LogP contribution in [0.15, 0.2) is 72.1 Å². The summed E-state index contributed by atoms with van der Waals surface area (Å²) in [5.74, 6) is -1.06. The van der Waals surface area contributed by atoms with Crippen molar-refractivity contribution >= 4 is 11.9 Å². The van der Waals surface area contributed by atoms with E-state index in [1.807, 2.05) is 23.6 Å². The van der Waals surface area contributed by atoms with E-state index in [0.717, 1.165) is 0 Å². The maximum atomic E-state index is 12.3. The third-order valence-corrected chi connectivity index (χ3v) is 4.99. The third kappa shape index (κ3) is 11.4. The van der Waals surface area contributed by atoms with Crippen LogP contribution in [0.25, 0.3) is 0 Å². The number of likely N-dealkylation sites (N-methyl/N-ethyl adjacent to an activating group) is 2. The summed E-state index contributed by atoms with van der Waals surface area (Å²) in [6.45, 7) is 6.20. The first-order chi connectivity index (χ1) is 18.4. The number of benzene rings is 1. The highest BCUT2D eigenvalue weighted by Gasteiger charge is 2.11. The Kier molecular flexibility index (Phi) is 14.6. The first-order valence-electron chi connectivity index (χ1n) is 11.7. The molecule has 0 aliphatic rings. The Morgan fingerprint density at radius 1 is 0.711 bits per heavy atom. The molecule has 0 saturated heterocycles. The summed E-state index contributed by atoms with van der Waals surface area (Å²) in [7, 11) is 0. The number of ether oxygens (including phenoxy) is 2. The average Bonchev–Trinajstić information content (AvgIpc) is 2.95. The van der Waals surface area contributed by atoms with Crippen molar-refractivity contribution < 1.29 is 19.1 Å². The number of carbonyl (C=O) groups excluding carboxylic acids is 2. The number of rotatable bonds is 14. The maximum absolute atomic E-state index is 12.3. The molecule has 0 saturated carbocycles. The summed E-state index contributed by atoms with van der Waals surface area (Å²) < 4.78 is 10.6. The molecule has 0 bridgehead atoms. The molecule has 38 heavy (non-hydrogen) atoms. The van der Waals surface area contributed by atoms with Crippen LogP contribution in [0.1, 0.15) is 34.6 Å². The van der Waals surface area contributed by atoms with Gasteiger partial charge in [-0.25, -0.2) is 9.59 Å². The van der Waals surface area contributed by atoms with Gasteiger partial charge in [-0.05, 0) is 74.8 Å². The zero-order chi connectivity index (χ0) is 28.2. The van der Waals surface area contributed by atoms with E-state index in [1.165, 1.54) is 36.4 Å². The fraction of sp³-hybridized carbons (Fsp3) is 0.286. The van der Waals surface area contributed by atoms with Gasteiger partial charge in [0.25, 0.3) is 0 Å². The van der Waals surface area contributed by atoms with Crippen molar-refractivity contribution in [2.45, 2.75) is 13.8 Å². The molecule has 0 atom stereocenters. The number of esters is 2. The van der Waals surface area contributed by atoms with E-state index in [0.29, 0.717) is 37.3 Å². The summed E-state index contributed by atoms with van der Waals surface area (Å²) in [5, 5.41) is 34.9. The molecule has 0 spiro atoms. The molecular weight excluding hydrogens is 484 g/mol. The molecule has 1 aromatic carbocycles. The van der Waals surface area contributed by atoms with E-state index in [1.54, 1.807) is 48.8 Å². The Balaban J connectivity index is 2.53. The third-order valence-electron chi connectivity index (χ3n) is 4.99. The second kappa shape index (κ2) is 18.0. The average molecular weight is 513 g/mol. The molecule has 1 aromatic rings. The van der Waals surface area contributed by atoms with Gasteiger partial charge in [-0.3, -0.25) is 0 Å². The van der Waals surface area contributed by atoms with Crippen molar-refractivity contribution in [2.24, 2.45) is 0 Å². The van der Waals surface area contributed by atoms with Gasteiger partial charge in [0.05, 0.1) is 24.2 Å². The van der Waals surface area contributed by atoms with E-state index < -0.39 is 11.9 Å². The van der Waals surface area contributed by atoms with Gasteiger partial charge in [0.1, 0.15) is 48.6 Å². The molecule has 1 rings (SSSR count). The van der Waals surface area contributed by atoms with Gasteiger partial charge in [-0.15, -0.1) is 0 Å². The van der Waals surface area contributed by atoms with Gasteiger partial charge in [0, 0.05) is 13.1 Å². The number of hydrogen-bond acceptors (Lipinski definition) is 10. The van der Waals surface area contributed by atoms with Crippen molar-refractivity contribution in [1.29, 1.82) is 21.0 Å². The lowest BCUT2D eigenvalue weighted by Gasteiger charge is -2.18. The van der Waals surface area contributed by atoms with Crippen LogP contribution < -0.4 is 0 Å². The monoisotopic (exact) mass is 512 g/mol. The molecular formula is C28H28N6O4. The largest absolute Gasteiger partial charge is 0.460 e. The van der Waals surface area contributed by atoms with Gasteiger partial charge in [-0.2, -0.15) is 21.0 Å². The van der Waals surface area contributed by atoms with Crippen molar-refractivity contribution in [3.63, 3.8) is 0 Å². The minimum absolute atomic E-state index is 0.00649. The predicted octanol–water partition coefficient (Wildman–Crippen LogP) is 3.62. The van der Waals surface area contributed by atoms with E-state index >= 15 is 0 Å². The second-order valence-electron chi connectivity index (χ2n) is 7.40. The van der Waals surface area contributed by atoms with E-state index in [-0.39, 0.29) is 24.4 Å². The molecule has 0 amide bonds. The quantitative estimate of drug-likeness (QED) is 0.205. The van der Waals surface area contributed by atoms with Gasteiger partial charge in [0.2, 0.25) is 0 Å². The van der Waals surface area contributed by atoms with Crippen molar-refractivity contribution in [3.8, 4) is 24.3 Å². The lowest BCUT2D eigenvalue weighted by molar-refractivity contribution is 0.0467. The lowest BCUT2D eigenvalue weighted by atomic mass is 10.1. The van der Waals surface area contributed by atoms with Crippen LogP contribution in [-0.4, -0.2) is 61.1 Å². The number of carbonyl (C=O) groups is 2. The first-order valence-corrected chi connectivity index (χ1v) is 11.7. The zero-order valence-corrected chi connectivity index (χ0v) is 21.3. The molecule has 0 radical (unpaired) electrons. The van der Waals surface area contributed by atoms with Crippen LogP contribution in [0.2, 0.25) is 0 Å². The Morgan fingerprint density at radius 3 is 1.34 bits per heavy atom. The van der Waals surface area contributed by atoms with Gasteiger partial charge in [-0.1, -0.05) is 0 Å². The van der Waals surface area contributed by atoms with Gasteiger partial charge in [0.15, 0.2) is 0 Å². The summed E-state index contributed by atoms with van der Waals surface area (Å²) in [6, 6.07) is 13.0. The summed E-state index contributed by atoms with van der Waals surface area (Å²) in [6.07, 6.45) is 9.38. The van der Waals surface area contributed by atoms with Crippen LogP contribution in [0.3, 0.4) is 0 Å². The lowest BCUT2D eigenvalue weighted by Crippen LogP contribution is -2.23. The summed E-state index contributed by atoms with van der Waals surface area (Å²) in [5.41, 5.74) is 0.571. The molecule has 0 fully saturated rings. The van der Waals surface area contributed by atoms with E-state index in [4.69, 9.17) is 30.5 Å². The minimum Gasteiger partial charge on any atom is -0.460 e. The second-order valence-corrected chi connectivity index (χ2v) is 7.40. The molecule has 10 nitrogen and oxygen atoms in total. The van der Waals surface area contributed by atoms with Crippen LogP contribution >= 0.6 is 0 Å². The van der Waals surface area contributed by atoms with Crippen molar-refractivity contribution in [3.05, 3.63) is 83.2 Å². The highest BCUT2D eigenvalue weighted by atomic mass is 16.5. The Bertz CT molecular complexity index is 1110. The molecule has 0 N–H and O–H groups in total. The number of hydrogen-bond donors (Lipinski definition) is 0. The highest BCUT2D eigenvalue weighted by Crippen LogP contribution is 2.08. The van der Waals surface area contributed by atoms with E-state index in [2.05, 4.69) is 0 Å². The fourth-order valence-corrected chi connectivity index (χ4v) is 2.82. The van der Waals surface area contributed by atoms with Crippen LogP contribution in [0, 0.1) is 45.3 Å². The fourth-order valence-electron chi connectivity index (χ4n) is 2.82. The predicted molar refractivity (Wildman–Crippen MR) is 138 cm³/mol. The standard InChI is InChI=1S/C28H28N6O4/c1-3-33(13-5-7-23(19-29)20-30)15-17-37-27(35)25-9-11-26(12-10-25)28(36)38-18-16-34(4-2)14-6-8-24(21-31)22-32/h5-14H,3-4,15-18H2,1-2H3/b13-5+,14-6+. The Labute approximate surface area is 222 Å². The molecule has 10 heteroatoms. The molecule has 194 valence electrons. The molecule has 0 aromatic heterocycles. The topological polar surface area (TPSA) is 154 Å². The molecule has 0 aliphatic carbocycles. The smallest absolute Gasteiger partial charge is 0.338 e. The summed E-state index contributed by atoms with van der Waals surface area (Å²) in [4.78, 5) is 28.3. The number of nitrogens with zero attached hydrogens (tertiary/aromatic N) is 6. The Hall–Kier alpha value is -5.32. The normalized spacial score (nSPS) is 9.84. The van der Waals surface area contributed by atoms with Crippen molar-refractivity contribution in [1.82, 2.24) is 9.80 Å². The molecule has 0 unspecified atom stereocenters. The molecule has 0 aliphatic heterocycles. The summed E-state index contributed by atoms with van der Waals surface area (Å²) >= 11 is 0. The molecule has 0 heterocycles.